The zero-order valence-electron chi connectivity index (χ0n) is 13.4. The fraction of sp³-hybridized carbons (Fsp3) is 1.00. The van der Waals surface area contributed by atoms with Crippen LogP contribution >= 0.6 is 0 Å². The number of unbranched alkanes of at least 4 members (excludes halogenated alkanes) is 2. The molecule has 6 atom stereocenters. The molecule has 0 bridgehead atoms. The Hall–Kier alpha value is 0.0649. The molecule has 2 rings (SSSR count). The summed E-state index contributed by atoms with van der Waals surface area (Å²) >= 11 is 0. The fourth-order valence-corrected chi connectivity index (χ4v) is 4.83. The van der Waals surface area contributed by atoms with Crippen molar-refractivity contribution in [3.8, 4) is 0 Å². The summed E-state index contributed by atoms with van der Waals surface area (Å²) < 4.78 is 0. The van der Waals surface area contributed by atoms with Crippen LogP contribution in [0.15, 0.2) is 0 Å². The van der Waals surface area contributed by atoms with Crippen LogP contribution in [0.25, 0.3) is 0 Å². The molecular weight excluding hydrogens is 227 g/mol. The predicted molar refractivity (Wildman–Crippen MR) is 85.5 cm³/mol. The van der Waals surface area contributed by atoms with Crippen LogP contribution < -0.4 is 0 Å². The topological polar surface area (TPSA) is 0 Å². The van der Waals surface area contributed by atoms with Gasteiger partial charge in [0.05, 0.1) is 7.85 Å². The summed E-state index contributed by atoms with van der Waals surface area (Å²) in [6.45, 7) is 7.28. The lowest BCUT2D eigenvalue weighted by molar-refractivity contribution is 0.0135. The van der Waals surface area contributed by atoms with E-state index in [9.17, 15) is 0 Å². The van der Waals surface area contributed by atoms with Crippen LogP contribution in [0.2, 0.25) is 6.32 Å². The third kappa shape index (κ3) is 3.79. The highest BCUT2D eigenvalue weighted by molar-refractivity contribution is 6.08. The molecule has 1 heteroatoms. The van der Waals surface area contributed by atoms with Gasteiger partial charge in [-0.1, -0.05) is 65.6 Å². The van der Waals surface area contributed by atoms with Crippen molar-refractivity contribution in [2.45, 2.75) is 78.5 Å². The first kappa shape index (κ1) is 15.5. The quantitative estimate of drug-likeness (QED) is 0.380. The molecule has 0 aromatic heterocycles. The second kappa shape index (κ2) is 7.18. The SMILES string of the molecule is [B]CCCC(C)C1C(C)CC1C1CC1CCCCC. The maximum absolute atomic E-state index is 5.67. The van der Waals surface area contributed by atoms with Gasteiger partial charge in [-0.3, -0.25) is 0 Å². The van der Waals surface area contributed by atoms with E-state index in [1.165, 1.54) is 44.9 Å². The third-order valence-electron chi connectivity index (χ3n) is 6.02. The van der Waals surface area contributed by atoms with E-state index in [0.717, 1.165) is 41.8 Å². The van der Waals surface area contributed by atoms with E-state index in [0.29, 0.717) is 0 Å². The molecule has 2 fully saturated rings. The minimum Gasteiger partial charge on any atom is -0.0887 e. The number of hydrogen-bond acceptors (Lipinski definition) is 0. The normalized spacial score (nSPS) is 38.8. The Balaban J connectivity index is 1.72. The summed E-state index contributed by atoms with van der Waals surface area (Å²) in [4.78, 5) is 0. The van der Waals surface area contributed by atoms with Crippen molar-refractivity contribution in [3.05, 3.63) is 0 Å². The highest BCUT2D eigenvalue weighted by Crippen LogP contribution is 2.60. The van der Waals surface area contributed by atoms with E-state index < -0.39 is 0 Å². The number of rotatable bonds is 9. The van der Waals surface area contributed by atoms with Crippen molar-refractivity contribution in [1.82, 2.24) is 0 Å². The Morgan fingerprint density at radius 2 is 1.89 bits per heavy atom. The fourth-order valence-electron chi connectivity index (χ4n) is 4.83. The Bertz CT molecular complexity index is 262. The molecule has 0 amide bonds. The molecule has 2 aliphatic carbocycles. The first-order valence-corrected chi connectivity index (χ1v) is 8.89. The van der Waals surface area contributed by atoms with Gasteiger partial charge in [0.15, 0.2) is 0 Å². The molecule has 0 saturated heterocycles. The minimum absolute atomic E-state index is 0.874. The van der Waals surface area contributed by atoms with Gasteiger partial charge in [-0.15, -0.1) is 0 Å². The summed E-state index contributed by atoms with van der Waals surface area (Å²) in [5, 5.41) is 0. The zero-order valence-corrected chi connectivity index (χ0v) is 13.4. The second-order valence-corrected chi connectivity index (χ2v) is 7.52. The smallest absolute Gasteiger partial charge is 0.0653 e. The van der Waals surface area contributed by atoms with Crippen LogP contribution in [0.4, 0.5) is 0 Å². The first-order valence-electron chi connectivity index (χ1n) is 8.89. The van der Waals surface area contributed by atoms with E-state index in [4.69, 9.17) is 7.85 Å². The molecule has 2 saturated carbocycles. The molecule has 2 radical (unpaired) electrons. The summed E-state index contributed by atoms with van der Waals surface area (Å²) in [6.07, 6.45) is 12.3. The molecule has 108 valence electrons. The summed E-state index contributed by atoms with van der Waals surface area (Å²) in [6, 6.07) is 0. The highest BCUT2D eigenvalue weighted by atomic mass is 14.6. The maximum atomic E-state index is 5.67. The third-order valence-corrected chi connectivity index (χ3v) is 6.02. The van der Waals surface area contributed by atoms with Gasteiger partial charge >= 0.3 is 0 Å². The lowest BCUT2D eigenvalue weighted by Crippen LogP contribution is -2.41. The monoisotopic (exact) mass is 260 g/mol. The van der Waals surface area contributed by atoms with E-state index in [-0.39, 0.29) is 0 Å². The molecule has 6 unspecified atom stereocenters. The van der Waals surface area contributed by atoms with Crippen molar-refractivity contribution >= 4 is 7.85 Å². The van der Waals surface area contributed by atoms with Gasteiger partial charge in [-0.2, -0.15) is 0 Å². The van der Waals surface area contributed by atoms with E-state index in [1.54, 1.807) is 6.42 Å². The number of hydrogen-bond donors (Lipinski definition) is 0. The maximum Gasteiger partial charge on any atom is 0.0653 e. The molecule has 0 N–H and O–H groups in total. The van der Waals surface area contributed by atoms with E-state index in [2.05, 4.69) is 20.8 Å². The molecule has 0 aromatic rings. The second-order valence-electron chi connectivity index (χ2n) is 7.52. The largest absolute Gasteiger partial charge is 0.0887 e. The summed E-state index contributed by atoms with van der Waals surface area (Å²) in [5.41, 5.74) is 0. The molecule has 0 nitrogen and oxygen atoms in total. The van der Waals surface area contributed by atoms with Gasteiger partial charge in [0.2, 0.25) is 0 Å². The summed E-state index contributed by atoms with van der Waals surface area (Å²) in [5.74, 6) is 6.21. The van der Waals surface area contributed by atoms with Crippen LogP contribution in [0.3, 0.4) is 0 Å². The van der Waals surface area contributed by atoms with Crippen LogP contribution in [-0.4, -0.2) is 7.85 Å². The van der Waals surface area contributed by atoms with Crippen LogP contribution in [-0.2, 0) is 0 Å². The highest BCUT2D eigenvalue weighted by Gasteiger charge is 2.52. The van der Waals surface area contributed by atoms with Gasteiger partial charge in [-0.25, -0.2) is 0 Å². The lowest BCUT2D eigenvalue weighted by atomic mass is 9.58. The molecule has 0 aliphatic heterocycles. The molecule has 0 heterocycles. The molecule has 0 aromatic carbocycles. The molecule has 2 aliphatic rings. The van der Waals surface area contributed by atoms with Crippen LogP contribution in [0.1, 0.15) is 72.1 Å². The van der Waals surface area contributed by atoms with E-state index >= 15 is 0 Å². The minimum atomic E-state index is 0.874. The molecule has 0 spiro atoms. The van der Waals surface area contributed by atoms with Crippen molar-refractivity contribution in [3.63, 3.8) is 0 Å². The molecule has 19 heavy (non-hydrogen) atoms. The van der Waals surface area contributed by atoms with Crippen molar-refractivity contribution in [2.75, 3.05) is 0 Å². The standard InChI is InChI=1S/C18H33B/c1-4-5-6-9-15-12-16(15)17-11-14(3)18(17)13(2)8-7-10-19/h13-18H,4-12H2,1-3H3. The van der Waals surface area contributed by atoms with Crippen molar-refractivity contribution in [2.24, 2.45) is 35.5 Å². The Morgan fingerprint density at radius 1 is 1.11 bits per heavy atom. The first-order chi connectivity index (χ1) is 9.19. The zero-order chi connectivity index (χ0) is 13.8. The van der Waals surface area contributed by atoms with Crippen molar-refractivity contribution in [1.29, 1.82) is 0 Å². The van der Waals surface area contributed by atoms with E-state index in [1.807, 2.05) is 0 Å². The Morgan fingerprint density at radius 3 is 2.53 bits per heavy atom. The van der Waals surface area contributed by atoms with Gasteiger partial charge in [0, 0.05) is 0 Å². The Labute approximate surface area is 122 Å². The van der Waals surface area contributed by atoms with Gasteiger partial charge in [0.25, 0.3) is 0 Å². The van der Waals surface area contributed by atoms with Gasteiger partial charge in [-0.05, 0) is 48.3 Å². The van der Waals surface area contributed by atoms with Crippen LogP contribution in [0.5, 0.6) is 0 Å². The average Bonchev–Trinajstić information content (AvgIpc) is 3.12. The van der Waals surface area contributed by atoms with Gasteiger partial charge in [0.1, 0.15) is 0 Å². The summed E-state index contributed by atoms with van der Waals surface area (Å²) in [7, 11) is 5.67. The lowest BCUT2D eigenvalue weighted by Gasteiger charge is -2.47. The molecular formula is C18H33B. The van der Waals surface area contributed by atoms with Gasteiger partial charge < -0.3 is 0 Å². The average molecular weight is 260 g/mol. The van der Waals surface area contributed by atoms with Crippen LogP contribution in [0, 0.1) is 35.5 Å². The predicted octanol–water partition coefficient (Wildman–Crippen LogP) is 5.48. The van der Waals surface area contributed by atoms with Crippen molar-refractivity contribution < 1.29 is 0 Å². The Kier molecular flexibility index (Phi) is 5.84.